The maximum atomic E-state index is 11.5. The van der Waals surface area contributed by atoms with Gasteiger partial charge in [-0.2, -0.15) is 5.10 Å². The number of rotatable bonds is 3. The third kappa shape index (κ3) is 2.66. The molecule has 1 aliphatic rings. The first-order chi connectivity index (χ1) is 9.55. The SMILES string of the molecule is O=S1(=O)CCC(Cn2c(-c3ccccn3)n[nH]c2=S)C1. The first-order valence-corrected chi connectivity index (χ1v) is 8.55. The third-order valence-electron chi connectivity index (χ3n) is 3.42. The van der Waals surface area contributed by atoms with Gasteiger partial charge >= 0.3 is 0 Å². The third-order valence-corrected chi connectivity index (χ3v) is 5.57. The molecule has 20 heavy (non-hydrogen) atoms. The molecule has 0 radical (unpaired) electrons. The minimum atomic E-state index is -2.88. The van der Waals surface area contributed by atoms with Gasteiger partial charge in [-0.25, -0.2) is 8.42 Å². The molecule has 2 aromatic rings. The Morgan fingerprint density at radius 1 is 1.45 bits per heavy atom. The van der Waals surface area contributed by atoms with E-state index in [0.717, 1.165) is 5.69 Å². The van der Waals surface area contributed by atoms with Gasteiger partial charge in [-0.3, -0.25) is 14.6 Å². The van der Waals surface area contributed by atoms with Gasteiger partial charge in [-0.05, 0) is 36.7 Å². The molecule has 1 aliphatic heterocycles. The molecule has 3 heterocycles. The summed E-state index contributed by atoms with van der Waals surface area (Å²) in [4.78, 5) is 4.26. The maximum Gasteiger partial charge on any atom is 0.195 e. The average Bonchev–Trinajstić information content (AvgIpc) is 2.95. The average molecular weight is 310 g/mol. The normalized spacial score (nSPS) is 21.1. The molecule has 106 valence electrons. The summed E-state index contributed by atoms with van der Waals surface area (Å²) in [6.45, 7) is 0.556. The van der Waals surface area contributed by atoms with Crippen molar-refractivity contribution in [3.8, 4) is 11.5 Å². The predicted octanol–water partition coefficient (Wildman–Crippen LogP) is 1.44. The Labute approximate surface area is 121 Å². The number of H-pyrrole nitrogens is 1. The Balaban J connectivity index is 1.91. The summed E-state index contributed by atoms with van der Waals surface area (Å²) >= 11 is 5.23. The van der Waals surface area contributed by atoms with Crippen LogP contribution >= 0.6 is 12.2 Å². The Kier molecular flexibility index (Phi) is 3.43. The van der Waals surface area contributed by atoms with Crippen LogP contribution in [0, 0.1) is 10.7 Å². The first kappa shape index (κ1) is 13.4. The number of aromatic nitrogens is 4. The zero-order valence-electron chi connectivity index (χ0n) is 10.7. The Morgan fingerprint density at radius 3 is 2.95 bits per heavy atom. The number of hydrogen-bond acceptors (Lipinski definition) is 5. The summed E-state index contributed by atoms with van der Waals surface area (Å²) < 4.78 is 25.4. The molecule has 1 fully saturated rings. The van der Waals surface area contributed by atoms with Gasteiger partial charge in [-0.1, -0.05) is 6.07 Å². The van der Waals surface area contributed by atoms with E-state index in [0.29, 0.717) is 23.6 Å². The second-order valence-corrected chi connectivity index (χ2v) is 7.56. The molecular weight excluding hydrogens is 296 g/mol. The molecule has 1 saturated heterocycles. The highest BCUT2D eigenvalue weighted by Gasteiger charge is 2.29. The maximum absolute atomic E-state index is 11.5. The van der Waals surface area contributed by atoms with Crippen molar-refractivity contribution >= 4 is 22.1 Å². The van der Waals surface area contributed by atoms with Crippen LogP contribution in [0.1, 0.15) is 6.42 Å². The van der Waals surface area contributed by atoms with Gasteiger partial charge in [0, 0.05) is 12.7 Å². The summed E-state index contributed by atoms with van der Waals surface area (Å²) in [5.74, 6) is 1.23. The first-order valence-electron chi connectivity index (χ1n) is 6.32. The summed E-state index contributed by atoms with van der Waals surface area (Å²) in [6.07, 6.45) is 2.37. The van der Waals surface area contributed by atoms with Crippen molar-refractivity contribution in [3.63, 3.8) is 0 Å². The molecule has 6 nitrogen and oxygen atoms in total. The second-order valence-electron chi connectivity index (χ2n) is 4.95. The molecule has 0 spiro atoms. The smallest absolute Gasteiger partial charge is 0.195 e. The van der Waals surface area contributed by atoms with E-state index in [2.05, 4.69) is 15.2 Å². The van der Waals surface area contributed by atoms with E-state index in [1.54, 1.807) is 6.20 Å². The number of hydrogen-bond donors (Lipinski definition) is 1. The molecule has 0 amide bonds. The van der Waals surface area contributed by atoms with Crippen LogP contribution in [-0.2, 0) is 16.4 Å². The predicted molar refractivity (Wildman–Crippen MR) is 77.4 cm³/mol. The lowest BCUT2D eigenvalue weighted by Crippen LogP contribution is -2.13. The van der Waals surface area contributed by atoms with Crippen molar-refractivity contribution in [1.82, 2.24) is 19.7 Å². The van der Waals surface area contributed by atoms with Crippen molar-refractivity contribution in [2.24, 2.45) is 5.92 Å². The number of nitrogens with one attached hydrogen (secondary N) is 1. The molecule has 0 aromatic carbocycles. The molecule has 0 bridgehead atoms. The van der Waals surface area contributed by atoms with E-state index in [4.69, 9.17) is 12.2 Å². The van der Waals surface area contributed by atoms with E-state index in [-0.39, 0.29) is 17.4 Å². The molecule has 8 heteroatoms. The van der Waals surface area contributed by atoms with E-state index < -0.39 is 9.84 Å². The monoisotopic (exact) mass is 310 g/mol. The lowest BCUT2D eigenvalue weighted by molar-refractivity contribution is 0.489. The van der Waals surface area contributed by atoms with Crippen LogP contribution in [0.3, 0.4) is 0 Å². The summed E-state index contributed by atoms with van der Waals surface area (Å²) in [5, 5.41) is 6.95. The van der Waals surface area contributed by atoms with Gasteiger partial charge in [0.05, 0.1) is 11.5 Å². The minimum absolute atomic E-state index is 0.0896. The zero-order valence-corrected chi connectivity index (χ0v) is 12.3. The van der Waals surface area contributed by atoms with Crippen LogP contribution in [0.25, 0.3) is 11.5 Å². The molecule has 0 aliphatic carbocycles. The summed E-state index contributed by atoms with van der Waals surface area (Å²) in [5.41, 5.74) is 0.723. The van der Waals surface area contributed by atoms with Gasteiger partial charge in [0.15, 0.2) is 20.4 Å². The van der Waals surface area contributed by atoms with Crippen LogP contribution in [0.4, 0.5) is 0 Å². The molecule has 1 N–H and O–H groups in total. The second kappa shape index (κ2) is 5.10. The Bertz CT molecular complexity index is 764. The molecule has 0 saturated carbocycles. The van der Waals surface area contributed by atoms with E-state index in [1.807, 2.05) is 22.8 Å². The number of pyridine rings is 1. The molecule has 3 rings (SSSR count). The van der Waals surface area contributed by atoms with Crippen molar-refractivity contribution in [3.05, 3.63) is 29.2 Å². The quantitative estimate of drug-likeness (QED) is 0.868. The largest absolute Gasteiger partial charge is 0.299 e. The minimum Gasteiger partial charge on any atom is -0.299 e. The van der Waals surface area contributed by atoms with Crippen LogP contribution in [0.2, 0.25) is 0 Å². The van der Waals surface area contributed by atoms with Crippen LogP contribution < -0.4 is 0 Å². The van der Waals surface area contributed by atoms with Gasteiger partial charge in [0.25, 0.3) is 0 Å². The van der Waals surface area contributed by atoms with Gasteiger partial charge in [0.2, 0.25) is 0 Å². The Morgan fingerprint density at radius 2 is 2.30 bits per heavy atom. The zero-order chi connectivity index (χ0) is 14.2. The summed E-state index contributed by atoms with van der Waals surface area (Å²) in [6, 6.07) is 5.57. The van der Waals surface area contributed by atoms with Gasteiger partial charge in [-0.15, -0.1) is 0 Å². The molecular formula is C12H14N4O2S2. The fourth-order valence-corrected chi connectivity index (χ4v) is 4.51. The van der Waals surface area contributed by atoms with Crippen molar-refractivity contribution in [2.45, 2.75) is 13.0 Å². The summed E-state index contributed by atoms with van der Waals surface area (Å²) in [7, 11) is -2.88. The van der Waals surface area contributed by atoms with Crippen molar-refractivity contribution in [1.29, 1.82) is 0 Å². The highest BCUT2D eigenvalue weighted by Crippen LogP contribution is 2.23. The molecule has 1 unspecified atom stereocenters. The highest BCUT2D eigenvalue weighted by molar-refractivity contribution is 7.91. The van der Waals surface area contributed by atoms with Crippen LogP contribution in [0.5, 0.6) is 0 Å². The fraction of sp³-hybridized carbons (Fsp3) is 0.417. The van der Waals surface area contributed by atoms with E-state index in [1.165, 1.54) is 0 Å². The number of sulfone groups is 1. The van der Waals surface area contributed by atoms with Gasteiger partial charge < -0.3 is 0 Å². The standard InChI is InChI=1S/C12H14N4O2S2/c17-20(18)6-4-9(8-20)7-16-11(14-15-12(16)19)10-3-1-2-5-13-10/h1-3,5,9H,4,6-8H2,(H,15,19). The fourth-order valence-electron chi connectivity index (χ4n) is 2.45. The van der Waals surface area contributed by atoms with Crippen molar-refractivity contribution in [2.75, 3.05) is 11.5 Å². The number of aromatic amines is 1. The van der Waals surface area contributed by atoms with E-state index in [9.17, 15) is 8.42 Å². The van der Waals surface area contributed by atoms with Crippen LogP contribution in [-0.4, -0.2) is 39.7 Å². The lowest BCUT2D eigenvalue weighted by Gasteiger charge is -2.10. The van der Waals surface area contributed by atoms with Crippen LogP contribution in [0.15, 0.2) is 24.4 Å². The molecule has 1 atom stereocenters. The molecule has 2 aromatic heterocycles. The van der Waals surface area contributed by atoms with E-state index >= 15 is 0 Å². The lowest BCUT2D eigenvalue weighted by atomic mass is 10.1. The topological polar surface area (TPSA) is 80.6 Å². The van der Waals surface area contributed by atoms with Gasteiger partial charge in [0.1, 0.15) is 5.69 Å². The highest BCUT2D eigenvalue weighted by atomic mass is 32.2. The Hall–Kier alpha value is -1.54. The number of nitrogens with zero attached hydrogens (tertiary/aromatic N) is 3. The van der Waals surface area contributed by atoms with Crippen molar-refractivity contribution < 1.29 is 8.42 Å².